The molecule has 1 aliphatic heterocycles. The molecule has 0 spiro atoms. The highest BCUT2D eigenvalue weighted by molar-refractivity contribution is 6.30. The predicted molar refractivity (Wildman–Crippen MR) is 80.6 cm³/mol. The summed E-state index contributed by atoms with van der Waals surface area (Å²) in [6.07, 6.45) is 4.04. The van der Waals surface area contributed by atoms with Crippen molar-refractivity contribution in [3.05, 3.63) is 58.9 Å². The van der Waals surface area contributed by atoms with Crippen LogP contribution in [0.4, 0.5) is 5.69 Å². The van der Waals surface area contributed by atoms with Gasteiger partial charge in [0.1, 0.15) is 5.15 Å². The summed E-state index contributed by atoms with van der Waals surface area (Å²) in [5, 5.41) is 0.338. The Morgan fingerprint density at radius 1 is 1.05 bits per heavy atom. The lowest BCUT2D eigenvalue weighted by Crippen LogP contribution is -2.17. The van der Waals surface area contributed by atoms with Gasteiger partial charge in [0, 0.05) is 36.1 Å². The van der Waals surface area contributed by atoms with Gasteiger partial charge in [0.15, 0.2) is 5.78 Å². The first-order chi connectivity index (χ1) is 9.74. The van der Waals surface area contributed by atoms with Crippen molar-refractivity contribution in [3.8, 4) is 0 Å². The average Bonchev–Trinajstić information content (AvgIpc) is 3.01. The van der Waals surface area contributed by atoms with Crippen LogP contribution in [0.2, 0.25) is 5.15 Å². The third-order valence-electron chi connectivity index (χ3n) is 3.59. The minimum atomic E-state index is -0.0257. The van der Waals surface area contributed by atoms with E-state index in [1.807, 2.05) is 24.3 Å². The summed E-state index contributed by atoms with van der Waals surface area (Å²) in [6.45, 7) is 2.21. The third-order valence-corrected chi connectivity index (χ3v) is 3.80. The maximum absolute atomic E-state index is 12.3. The lowest BCUT2D eigenvalue weighted by molar-refractivity contribution is 0.103. The monoisotopic (exact) mass is 286 g/mol. The summed E-state index contributed by atoms with van der Waals surface area (Å²) >= 11 is 5.82. The van der Waals surface area contributed by atoms with Gasteiger partial charge < -0.3 is 4.90 Å². The number of hydrogen-bond donors (Lipinski definition) is 0. The Bertz CT molecular complexity index is 619. The molecule has 1 aromatic carbocycles. The highest BCUT2D eigenvalue weighted by atomic mass is 35.5. The second-order valence-corrected chi connectivity index (χ2v) is 5.32. The van der Waals surface area contributed by atoms with E-state index in [0.717, 1.165) is 13.1 Å². The van der Waals surface area contributed by atoms with Crippen LogP contribution in [0, 0.1) is 0 Å². The van der Waals surface area contributed by atoms with Crippen molar-refractivity contribution in [3.63, 3.8) is 0 Å². The van der Waals surface area contributed by atoms with E-state index in [1.165, 1.54) is 18.5 Å². The molecule has 0 atom stereocenters. The highest BCUT2D eigenvalue weighted by Crippen LogP contribution is 2.21. The first kappa shape index (κ1) is 13.1. The van der Waals surface area contributed by atoms with Gasteiger partial charge in [0.2, 0.25) is 0 Å². The van der Waals surface area contributed by atoms with Crippen LogP contribution >= 0.6 is 11.6 Å². The Balaban J connectivity index is 1.82. The number of hydrogen-bond acceptors (Lipinski definition) is 3. The summed E-state index contributed by atoms with van der Waals surface area (Å²) in [5.74, 6) is -0.0257. The number of nitrogens with zero attached hydrogens (tertiary/aromatic N) is 2. The van der Waals surface area contributed by atoms with E-state index in [0.29, 0.717) is 16.3 Å². The summed E-state index contributed by atoms with van der Waals surface area (Å²) in [6, 6.07) is 11.1. The zero-order valence-electron chi connectivity index (χ0n) is 11.1. The number of halogens is 1. The normalized spacial score (nSPS) is 14.6. The van der Waals surface area contributed by atoms with Crippen molar-refractivity contribution in [1.82, 2.24) is 4.98 Å². The van der Waals surface area contributed by atoms with Gasteiger partial charge in [0.25, 0.3) is 0 Å². The minimum absolute atomic E-state index is 0.0257. The minimum Gasteiger partial charge on any atom is -0.372 e. The first-order valence-electron chi connectivity index (χ1n) is 6.75. The molecule has 2 heterocycles. The Kier molecular flexibility index (Phi) is 3.70. The van der Waals surface area contributed by atoms with Gasteiger partial charge in [0.05, 0.1) is 0 Å². The molecule has 3 rings (SSSR count). The van der Waals surface area contributed by atoms with Crippen molar-refractivity contribution in [2.75, 3.05) is 18.0 Å². The first-order valence-corrected chi connectivity index (χ1v) is 7.13. The molecule has 2 aromatic rings. The van der Waals surface area contributed by atoms with E-state index in [-0.39, 0.29) is 5.78 Å². The molecule has 0 amide bonds. The lowest BCUT2D eigenvalue weighted by Gasteiger charge is -2.17. The molecule has 1 aromatic heterocycles. The molecule has 0 bridgehead atoms. The largest absolute Gasteiger partial charge is 0.372 e. The molecule has 0 unspecified atom stereocenters. The van der Waals surface area contributed by atoms with Crippen molar-refractivity contribution in [2.24, 2.45) is 0 Å². The zero-order valence-corrected chi connectivity index (χ0v) is 11.8. The number of pyridine rings is 1. The standard InChI is InChI=1S/C16H15ClN2O/c17-15-11-13(7-8-18-15)16(20)12-3-5-14(6-4-12)19-9-1-2-10-19/h3-8,11H,1-2,9-10H2. The molecule has 4 heteroatoms. The topological polar surface area (TPSA) is 33.2 Å². The van der Waals surface area contributed by atoms with Crippen LogP contribution in [0.15, 0.2) is 42.6 Å². The fourth-order valence-corrected chi connectivity index (χ4v) is 2.68. The van der Waals surface area contributed by atoms with Gasteiger partial charge in [-0.25, -0.2) is 4.98 Å². The SMILES string of the molecule is O=C(c1ccc(N2CCCC2)cc1)c1ccnc(Cl)c1. The zero-order chi connectivity index (χ0) is 13.9. The maximum atomic E-state index is 12.3. The summed E-state index contributed by atoms with van der Waals surface area (Å²) in [5.41, 5.74) is 2.43. The van der Waals surface area contributed by atoms with E-state index < -0.39 is 0 Å². The van der Waals surface area contributed by atoms with Crippen LogP contribution < -0.4 is 4.90 Å². The smallest absolute Gasteiger partial charge is 0.193 e. The number of carbonyl (C=O) groups excluding carboxylic acids is 1. The number of ketones is 1. The Hall–Kier alpha value is -1.87. The molecule has 1 aliphatic rings. The summed E-state index contributed by atoms with van der Waals surface area (Å²) < 4.78 is 0. The second-order valence-electron chi connectivity index (χ2n) is 4.94. The van der Waals surface area contributed by atoms with Crippen LogP contribution in [0.5, 0.6) is 0 Å². The molecule has 3 nitrogen and oxygen atoms in total. The van der Waals surface area contributed by atoms with Gasteiger partial charge >= 0.3 is 0 Å². The van der Waals surface area contributed by atoms with Crippen LogP contribution in [0.3, 0.4) is 0 Å². The van der Waals surface area contributed by atoms with Gasteiger partial charge in [-0.15, -0.1) is 0 Å². The van der Waals surface area contributed by atoms with E-state index in [9.17, 15) is 4.79 Å². The van der Waals surface area contributed by atoms with Gasteiger partial charge in [-0.2, -0.15) is 0 Å². The summed E-state index contributed by atoms with van der Waals surface area (Å²) in [4.78, 5) is 18.6. The Morgan fingerprint density at radius 3 is 2.40 bits per heavy atom. The second kappa shape index (κ2) is 5.63. The number of carbonyl (C=O) groups is 1. The van der Waals surface area contributed by atoms with Crippen LogP contribution in [-0.2, 0) is 0 Å². The van der Waals surface area contributed by atoms with Crippen molar-refractivity contribution in [1.29, 1.82) is 0 Å². The van der Waals surface area contributed by atoms with Gasteiger partial charge in [-0.3, -0.25) is 4.79 Å². The van der Waals surface area contributed by atoms with Crippen LogP contribution in [0.25, 0.3) is 0 Å². The molecule has 102 valence electrons. The van der Waals surface area contributed by atoms with E-state index in [2.05, 4.69) is 9.88 Å². The molecule has 20 heavy (non-hydrogen) atoms. The molecular weight excluding hydrogens is 272 g/mol. The van der Waals surface area contributed by atoms with Crippen LogP contribution in [0.1, 0.15) is 28.8 Å². The number of benzene rings is 1. The van der Waals surface area contributed by atoms with Gasteiger partial charge in [-0.05, 0) is 49.2 Å². The Labute approximate surface area is 123 Å². The average molecular weight is 287 g/mol. The highest BCUT2D eigenvalue weighted by Gasteiger charge is 2.14. The molecule has 1 saturated heterocycles. The van der Waals surface area contributed by atoms with Crippen molar-refractivity contribution < 1.29 is 4.79 Å². The molecule has 0 saturated carbocycles. The fourth-order valence-electron chi connectivity index (χ4n) is 2.51. The molecule has 0 aliphatic carbocycles. The number of rotatable bonds is 3. The molecule has 0 N–H and O–H groups in total. The number of aromatic nitrogens is 1. The summed E-state index contributed by atoms with van der Waals surface area (Å²) in [7, 11) is 0. The number of anilines is 1. The van der Waals surface area contributed by atoms with E-state index in [1.54, 1.807) is 18.3 Å². The van der Waals surface area contributed by atoms with E-state index in [4.69, 9.17) is 11.6 Å². The van der Waals surface area contributed by atoms with Crippen molar-refractivity contribution >= 4 is 23.1 Å². The maximum Gasteiger partial charge on any atom is 0.193 e. The molecule has 1 fully saturated rings. The van der Waals surface area contributed by atoms with Gasteiger partial charge in [-0.1, -0.05) is 11.6 Å². The predicted octanol–water partition coefficient (Wildman–Crippen LogP) is 3.57. The van der Waals surface area contributed by atoms with Crippen molar-refractivity contribution in [2.45, 2.75) is 12.8 Å². The lowest BCUT2D eigenvalue weighted by atomic mass is 10.0. The molecule has 0 radical (unpaired) electrons. The quantitative estimate of drug-likeness (QED) is 0.639. The van der Waals surface area contributed by atoms with Crippen LogP contribution in [-0.4, -0.2) is 23.9 Å². The third kappa shape index (κ3) is 2.68. The molecular formula is C16H15ClN2O. The van der Waals surface area contributed by atoms with E-state index >= 15 is 0 Å². The fraction of sp³-hybridized carbons (Fsp3) is 0.250. The Morgan fingerprint density at radius 2 is 1.75 bits per heavy atom.